The van der Waals surface area contributed by atoms with Crippen LogP contribution in [0, 0.1) is 0 Å². The Morgan fingerprint density at radius 2 is 1.71 bits per heavy atom. The summed E-state index contributed by atoms with van der Waals surface area (Å²) < 4.78 is 13.3. The molecule has 0 bridgehead atoms. The molecule has 1 unspecified atom stereocenters. The summed E-state index contributed by atoms with van der Waals surface area (Å²) >= 11 is 6.63. The fourth-order valence-corrected chi connectivity index (χ4v) is 4.29. The van der Waals surface area contributed by atoms with Crippen LogP contribution in [0.15, 0.2) is 60.8 Å². The van der Waals surface area contributed by atoms with Crippen LogP contribution >= 0.6 is 11.6 Å². The highest BCUT2D eigenvalue weighted by atomic mass is 35.5. The van der Waals surface area contributed by atoms with Gasteiger partial charge in [0.05, 0.1) is 20.3 Å². The molecule has 28 heavy (non-hydrogen) atoms. The zero-order valence-corrected chi connectivity index (χ0v) is 17.0. The normalized spacial score (nSPS) is 17.0. The third kappa shape index (κ3) is 3.75. The molecule has 0 N–H and O–H groups in total. The van der Waals surface area contributed by atoms with Gasteiger partial charge in [-0.2, -0.15) is 0 Å². The van der Waals surface area contributed by atoms with Crippen LogP contribution in [0.1, 0.15) is 29.3 Å². The number of halogens is 1. The van der Waals surface area contributed by atoms with Crippen LogP contribution in [0.25, 0.3) is 0 Å². The zero-order chi connectivity index (χ0) is 19.5. The number of fused-ring (bicyclic) bond motifs is 1. The molecular formula is C23H25ClN2O2. The van der Waals surface area contributed by atoms with E-state index in [4.69, 9.17) is 21.1 Å². The van der Waals surface area contributed by atoms with Crippen LogP contribution in [0.3, 0.4) is 0 Å². The quantitative estimate of drug-likeness (QED) is 0.596. The predicted molar refractivity (Wildman–Crippen MR) is 112 cm³/mol. The molecule has 0 fully saturated rings. The molecule has 0 spiro atoms. The van der Waals surface area contributed by atoms with E-state index in [1.807, 2.05) is 18.2 Å². The number of rotatable bonds is 5. The molecule has 1 aliphatic rings. The van der Waals surface area contributed by atoms with Crippen molar-refractivity contribution in [3.05, 3.63) is 82.6 Å². The number of ether oxygens (including phenoxy) is 2. The van der Waals surface area contributed by atoms with E-state index < -0.39 is 0 Å². The lowest BCUT2D eigenvalue weighted by molar-refractivity contribution is 0.220. The van der Waals surface area contributed by atoms with Crippen molar-refractivity contribution in [2.45, 2.75) is 25.6 Å². The standard InChI is InChI=1S/C23H25ClN2O2/c1-27-18-13-17(14-19(15-18)28-2)16-26-12-6-11-25-10-5-9-22(25)23(26)20-7-3-4-8-21(20)24/h3-5,7-10,13-15,23H,6,11-12,16H2,1-2H3. The third-order valence-electron chi connectivity index (χ3n) is 5.35. The van der Waals surface area contributed by atoms with Crippen molar-refractivity contribution >= 4 is 11.6 Å². The molecule has 0 saturated heterocycles. The summed E-state index contributed by atoms with van der Waals surface area (Å²) in [6, 6.07) is 18.6. The molecule has 1 aromatic heterocycles. The molecule has 0 radical (unpaired) electrons. The fraction of sp³-hybridized carbons (Fsp3) is 0.304. The van der Waals surface area contributed by atoms with Gasteiger partial charge < -0.3 is 14.0 Å². The second kappa shape index (κ2) is 8.29. The summed E-state index contributed by atoms with van der Waals surface area (Å²) in [5.41, 5.74) is 3.58. The molecule has 4 rings (SSSR count). The third-order valence-corrected chi connectivity index (χ3v) is 5.70. The van der Waals surface area contributed by atoms with Gasteiger partial charge in [0.25, 0.3) is 0 Å². The lowest BCUT2D eigenvalue weighted by Gasteiger charge is -2.31. The van der Waals surface area contributed by atoms with E-state index in [0.29, 0.717) is 0 Å². The van der Waals surface area contributed by atoms with Crippen molar-refractivity contribution < 1.29 is 9.47 Å². The van der Waals surface area contributed by atoms with E-state index in [0.717, 1.165) is 53.7 Å². The van der Waals surface area contributed by atoms with Crippen molar-refractivity contribution in [3.8, 4) is 11.5 Å². The predicted octanol–water partition coefficient (Wildman–Crippen LogP) is 5.15. The van der Waals surface area contributed by atoms with Crippen molar-refractivity contribution in [3.63, 3.8) is 0 Å². The molecule has 5 heteroatoms. The van der Waals surface area contributed by atoms with Crippen LogP contribution in [-0.2, 0) is 13.1 Å². The molecule has 0 saturated carbocycles. The van der Waals surface area contributed by atoms with Crippen LogP contribution in [0.4, 0.5) is 0 Å². The fourth-order valence-electron chi connectivity index (χ4n) is 4.05. The number of hydrogen-bond donors (Lipinski definition) is 0. The summed E-state index contributed by atoms with van der Waals surface area (Å²) in [5.74, 6) is 1.61. The summed E-state index contributed by atoms with van der Waals surface area (Å²) in [7, 11) is 3.37. The maximum atomic E-state index is 6.63. The van der Waals surface area contributed by atoms with E-state index in [1.165, 1.54) is 5.69 Å². The molecule has 1 atom stereocenters. The van der Waals surface area contributed by atoms with E-state index in [9.17, 15) is 0 Å². The summed E-state index contributed by atoms with van der Waals surface area (Å²) in [4.78, 5) is 2.49. The SMILES string of the molecule is COc1cc(CN2CCCn3cccc3C2c2ccccc2Cl)cc(OC)c1. The Labute approximate surface area is 171 Å². The van der Waals surface area contributed by atoms with Gasteiger partial charge >= 0.3 is 0 Å². The number of aromatic nitrogens is 1. The number of nitrogens with zero attached hydrogens (tertiary/aromatic N) is 2. The van der Waals surface area contributed by atoms with Crippen LogP contribution in [0.2, 0.25) is 5.02 Å². The minimum absolute atomic E-state index is 0.100. The van der Waals surface area contributed by atoms with Gasteiger partial charge in [0.1, 0.15) is 11.5 Å². The smallest absolute Gasteiger partial charge is 0.122 e. The Hall–Kier alpha value is -2.43. The van der Waals surface area contributed by atoms with Gasteiger partial charge in [-0.3, -0.25) is 4.90 Å². The Morgan fingerprint density at radius 3 is 2.43 bits per heavy atom. The zero-order valence-electron chi connectivity index (χ0n) is 16.3. The Bertz CT molecular complexity index is 931. The minimum Gasteiger partial charge on any atom is -0.497 e. The molecule has 3 aromatic rings. The monoisotopic (exact) mass is 396 g/mol. The molecule has 1 aliphatic heterocycles. The first kappa shape index (κ1) is 18.9. The maximum absolute atomic E-state index is 6.63. The maximum Gasteiger partial charge on any atom is 0.122 e. The van der Waals surface area contributed by atoms with Gasteiger partial charge in [-0.05, 0) is 47.9 Å². The first-order chi connectivity index (χ1) is 13.7. The molecule has 2 aromatic carbocycles. The van der Waals surface area contributed by atoms with Crippen LogP contribution in [0.5, 0.6) is 11.5 Å². The lowest BCUT2D eigenvalue weighted by atomic mass is 10.0. The largest absolute Gasteiger partial charge is 0.497 e. The molecular weight excluding hydrogens is 372 g/mol. The van der Waals surface area contributed by atoms with Crippen molar-refractivity contribution in [1.82, 2.24) is 9.47 Å². The van der Waals surface area contributed by atoms with Gasteiger partial charge in [0.2, 0.25) is 0 Å². The average molecular weight is 397 g/mol. The van der Waals surface area contributed by atoms with Crippen molar-refractivity contribution in [2.75, 3.05) is 20.8 Å². The van der Waals surface area contributed by atoms with E-state index >= 15 is 0 Å². The van der Waals surface area contributed by atoms with Gasteiger partial charge in [-0.1, -0.05) is 29.8 Å². The number of benzene rings is 2. The Morgan fingerprint density at radius 1 is 0.964 bits per heavy atom. The van der Waals surface area contributed by atoms with E-state index in [2.05, 4.69) is 52.1 Å². The van der Waals surface area contributed by atoms with Gasteiger partial charge in [-0.15, -0.1) is 0 Å². The van der Waals surface area contributed by atoms with Crippen LogP contribution in [-0.4, -0.2) is 30.2 Å². The van der Waals surface area contributed by atoms with E-state index in [1.54, 1.807) is 14.2 Å². The number of aryl methyl sites for hydroxylation is 1. The first-order valence-electron chi connectivity index (χ1n) is 9.55. The summed E-state index contributed by atoms with van der Waals surface area (Å²) in [6.45, 7) is 2.78. The second-order valence-electron chi connectivity index (χ2n) is 7.10. The van der Waals surface area contributed by atoms with Gasteiger partial charge in [0, 0.05) is 42.6 Å². The van der Waals surface area contributed by atoms with E-state index in [-0.39, 0.29) is 6.04 Å². The molecule has 146 valence electrons. The molecule has 4 nitrogen and oxygen atoms in total. The molecule has 2 heterocycles. The minimum atomic E-state index is 0.100. The Balaban J connectivity index is 1.75. The average Bonchev–Trinajstić information content (AvgIpc) is 3.10. The summed E-state index contributed by atoms with van der Waals surface area (Å²) in [5, 5.41) is 0.801. The van der Waals surface area contributed by atoms with Gasteiger partial charge in [0.15, 0.2) is 0 Å². The second-order valence-corrected chi connectivity index (χ2v) is 7.50. The number of hydrogen-bond acceptors (Lipinski definition) is 3. The van der Waals surface area contributed by atoms with Crippen LogP contribution < -0.4 is 9.47 Å². The molecule has 0 aliphatic carbocycles. The number of methoxy groups -OCH3 is 2. The lowest BCUT2D eigenvalue weighted by Crippen LogP contribution is -2.29. The van der Waals surface area contributed by atoms with Crippen molar-refractivity contribution in [2.24, 2.45) is 0 Å². The Kier molecular flexibility index (Phi) is 5.60. The highest BCUT2D eigenvalue weighted by molar-refractivity contribution is 6.31. The highest BCUT2D eigenvalue weighted by Crippen LogP contribution is 2.37. The summed E-state index contributed by atoms with van der Waals surface area (Å²) in [6.07, 6.45) is 3.25. The van der Waals surface area contributed by atoms with Gasteiger partial charge in [-0.25, -0.2) is 0 Å². The van der Waals surface area contributed by atoms with Crippen molar-refractivity contribution in [1.29, 1.82) is 0 Å². The highest BCUT2D eigenvalue weighted by Gasteiger charge is 2.29. The topological polar surface area (TPSA) is 26.6 Å². The molecule has 0 amide bonds. The first-order valence-corrected chi connectivity index (χ1v) is 9.93.